The van der Waals surface area contributed by atoms with Gasteiger partial charge in [0, 0.05) is 18.7 Å². The average molecular weight is 497 g/mol. The first-order valence-corrected chi connectivity index (χ1v) is 12.8. The minimum absolute atomic E-state index is 0.0761. The zero-order valence-corrected chi connectivity index (χ0v) is 20.3. The van der Waals surface area contributed by atoms with Gasteiger partial charge in [-0.1, -0.05) is 48.5 Å². The fourth-order valence-corrected chi connectivity index (χ4v) is 5.23. The smallest absolute Gasteiger partial charge is 0.243 e. The van der Waals surface area contributed by atoms with Crippen molar-refractivity contribution in [2.75, 3.05) is 45.3 Å². The number of amides is 1. The van der Waals surface area contributed by atoms with Crippen LogP contribution in [0, 0.1) is 0 Å². The van der Waals surface area contributed by atoms with Crippen molar-refractivity contribution in [3.8, 4) is 22.6 Å². The molecule has 1 heterocycles. The van der Waals surface area contributed by atoms with E-state index < -0.39 is 10.0 Å². The van der Waals surface area contributed by atoms with E-state index >= 15 is 0 Å². The number of benzene rings is 3. The minimum atomic E-state index is -3.71. The number of para-hydroxylation sites is 1. The lowest BCUT2D eigenvalue weighted by Gasteiger charge is -2.26. The van der Waals surface area contributed by atoms with Crippen LogP contribution >= 0.6 is 0 Å². The first-order valence-electron chi connectivity index (χ1n) is 11.3. The topological polar surface area (TPSA) is 94.2 Å². The zero-order valence-electron chi connectivity index (χ0n) is 19.5. The summed E-state index contributed by atoms with van der Waals surface area (Å²) in [6.45, 7) is 1.44. The van der Waals surface area contributed by atoms with Crippen molar-refractivity contribution in [1.29, 1.82) is 0 Å². The van der Waals surface area contributed by atoms with Gasteiger partial charge in [-0.3, -0.25) is 4.79 Å². The highest BCUT2D eigenvalue weighted by Gasteiger charge is 2.27. The van der Waals surface area contributed by atoms with E-state index in [1.165, 1.54) is 29.6 Å². The van der Waals surface area contributed by atoms with Gasteiger partial charge in [0.1, 0.15) is 11.5 Å². The summed E-state index contributed by atoms with van der Waals surface area (Å²) in [4.78, 5) is 12.8. The summed E-state index contributed by atoms with van der Waals surface area (Å²) in [5.41, 5.74) is 2.25. The normalized spacial score (nSPS) is 14.3. The molecule has 1 amide bonds. The number of methoxy groups -OCH3 is 1. The lowest BCUT2D eigenvalue weighted by molar-refractivity contribution is -0.116. The molecule has 1 N–H and O–H groups in total. The molecule has 0 bridgehead atoms. The van der Waals surface area contributed by atoms with Crippen molar-refractivity contribution in [3.05, 3.63) is 72.8 Å². The fourth-order valence-electron chi connectivity index (χ4n) is 3.80. The number of anilines is 1. The summed E-state index contributed by atoms with van der Waals surface area (Å²) in [6.07, 6.45) is 0.0761. The lowest BCUT2D eigenvalue weighted by atomic mass is 10.1. The molecule has 4 rings (SSSR count). The third-order valence-corrected chi connectivity index (χ3v) is 7.51. The number of nitrogens with one attached hydrogen (secondary N) is 1. The van der Waals surface area contributed by atoms with Gasteiger partial charge in [-0.05, 0) is 29.8 Å². The Morgan fingerprint density at radius 3 is 2.43 bits per heavy atom. The van der Waals surface area contributed by atoms with Gasteiger partial charge >= 0.3 is 0 Å². The van der Waals surface area contributed by atoms with Crippen LogP contribution in [0.5, 0.6) is 11.5 Å². The van der Waals surface area contributed by atoms with Crippen LogP contribution in [0.3, 0.4) is 0 Å². The summed E-state index contributed by atoms with van der Waals surface area (Å²) >= 11 is 0. The second-order valence-electron chi connectivity index (χ2n) is 7.89. The van der Waals surface area contributed by atoms with Crippen LogP contribution in [0.15, 0.2) is 77.7 Å². The van der Waals surface area contributed by atoms with Crippen molar-refractivity contribution in [3.63, 3.8) is 0 Å². The van der Waals surface area contributed by atoms with Gasteiger partial charge in [0.15, 0.2) is 0 Å². The van der Waals surface area contributed by atoms with Crippen molar-refractivity contribution >= 4 is 21.6 Å². The van der Waals surface area contributed by atoms with E-state index in [1.54, 1.807) is 0 Å². The lowest BCUT2D eigenvalue weighted by Crippen LogP contribution is -2.40. The molecule has 0 aromatic heterocycles. The highest BCUT2D eigenvalue weighted by atomic mass is 32.2. The summed E-state index contributed by atoms with van der Waals surface area (Å²) < 4.78 is 43.9. The maximum absolute atomic E-state index is 13.0. The van der Waals surface area contributed by atoms with Gasteiger partial charge in [0.25, 0.3) is 0 Å². The highest BCUT2D eigenvalue weighted by Crippen LogP contribution is 2.31. The van der Waals surface area contributed by atoms with Gasteiger partial charge in [-0.15, -0.1) is 0 Å². The van der Waals surface area contributed by atoms with Gasteiger partial charge in [0.2, 0.25) is 15.9 Å². The number of sulfonamides is 1. The molecular weight excluding hydrogens is 468 g/mol. The number of ether oxygens (including phenoxy) is 3. The van der Waals surface area contributed by atoms with E-state index in [2.05, 4.69) is 5.32 Å². The summed E-state index contributed by atoms with van der Waals surface area (Å²) in [5.74, 6) is 0.735. The third-order valence-electron chi connectivity index (χ3n) is 5.61. The Morgan fingerprint density at radius 2 is 1.69 bits per heavy atom. The average Bonchev–Trinajstić information content (AvgIpc) is 2.90. The van der Waals surface area contributed by atoms with E-state index in [1.807, 2.05) is 54.6 Å². The van der Waals surface area contributed by atoms with Crippen LogP contribution in [-0.4, -0.2) is 58.7 Å². The number of rotatable bonds is 9. The molecule has 1 aliphatic rings. The third kappa shape index (κ3) is 6.00. The second-order valence-corrected chi connectivity index (χ2v) is 9.83. The Bertz CT molecular complexity index is 1260. The van der Waals surface area contributed by atoms with E-state index in [-0.39, 0.29) is 42.6 Å². The van der Waals surface area contributed by atoms with Crippen molar-refractivity contribution in [1.82, 2.24) is 4.31 Å². The fraction of sp³-hybridized carbons (Fsp3) is 0.269. The quantitative estimate of drug-likeness (QED) is 0.485. The summed E-state index contributed by atoms with van der Waals surface area (Å²) in [5, 5.41) is 2.76. The van der Waals surface area contributed by atoms with E-state index in [0.717, 1.165) is 11.1 Å². The van der Waals surface area contributed by atoms with Crippen LogP contribution in [0.1, 0.15) is 6.42 Å². The Kier molecular flexibility index (Phi) is 8.02. The largest absolute Gasteiger partial charge is 0.495 e. The van der Waals surface area contributed by atoms with Crippen LogP contribution in [0.25, 0.3) is 11.1 Å². The summed E-state index contributed by atoms with van der Waals surface area (Å²) in [7, 11) is -2.24. The molecule has 3 aromatic rings. The monoisotopic (exact) mass is 496 g/mol. The van der Waals surface area contributed by atoms with Crippen molar-refractivity contribution in [2.24, 2.45) is 0 Å². The molecule has 0 radical (unpaired) electrons. The standard InChI is InChI=1S/C26H28N2O6S/c1-32-25-12-11-21(35(30,31)28-14-17-33-18-15-28)19-23(25)27-26(29)13-16-34-24-10-6-5-9-22(24)20-7-3-2-4-8-20/h2-12,19H,13-18H2,1H3,(H,27,29). The molecule has 3 aromatic carbocycles. The molecular formula is C26H28N2O6S. The van der Waals surface area contributed by atoms with Gasteiger partial charge < -0.3 is 19.5 Å². The number of carbonyl (C=O) groups is 1. The maximum Gasteiger partial charge on any atom is 0.243 e. The molecule has 0 saturated carbocycles. The predicted octanol–water partition coefficient (Wildman–Crippen LogP) is 3.79. The molecule has 184 valence electrons. The molecule has 1 fully saturated rings. The van der Waals surface area contributed by atoms with Gasteiger partial charge in [0.05, 0.1) is 43.9 Å². The first kappa shape index (κ1) is 24.7. The van der Waals surface area contributed by atoms with Crippen LogP contribution in [0.4, 0.5) is 5.69 Å². The molecule has 9 heteroatoms. The molecule has 35 heavy (non-hydrogen) atoms. The number of hydrogen-bond acceptors (Lipinski definition) is 6. The number of morpholine rings is 1. The minimum Gasteiger partial charge on any atom is -0.495 e. The maximum atomic E-state index is 13.0. The van der Waals surface area contributed by atoms with E-state index in [9.17, 15) is 13.2 Å². The Hall–Kier alpha value is -3.40. The van der Waals surface area contributed by atoms with Crippen LogP contribution in [-0.2, 0) is 19.6 Å². The Balaban J connectivity index is 1.42. The molecule has 0 atom stereocenters. The van der Waals surface area contributed by atoms with E-state index in [0.29, 0.717) is 24.7 Å². The second kappa shape index (κ2) is 11.4. The molecule has 0 spiro atoms. The van der Waals surface area contributed by atoms with Crippen LogP contribution in [0.2, 0.25) is 0 Å². The highest BCUT2D eigenvalue weighted by molar-refractivity contribution is 7.89. The molecule has 0 unspecified atom stereocenters. The van der Waals surface area contributed by atoms with Crippen molar-refractivity contribution in [2.45, 2.75) is 11.3 Å². The Labute approximate surface area is 205 Å². The molecule has 8 nitrogen and oxygen atoms in total. The SMILES string of the molecule is COc1ccc(S(=O)(=O)N2CCOCC2)cc1NC(=O)CCOc1ccccc1-c1ccccc1. The first-order chi connectivity index (χ1) is 17.0. The molecule has 0 aliphatic carbocycles. The van der Waals surface area contributed by atoms with Crippen molar-refractivity contribution < 1.29 is 27.4 Å². The van der Waals surface area contributed by atoms with Gasteiger partial charge in [-0.2, -0.15) is 4.31 Å². The van der Waals surface area contributed by atoms with Gasteiger partial charge in [-0.25, -0.2) is 8.42 Å². The Morgan fingerprint density at radius 1 is 0.971 bits per heavy atom. The molecule has 1 saturated heterocycles. The predicted molar refractivity (Wildman–Crippen MR) is 133 cm³/mol. The summed E-state index contributed by atoms with van der Waals surface area (Å²) in [6, 6.07) is 22.0. The van der Waals surface area contributed by atoms with E-state index in [4.69, 9.17) is 14.2 Å². The zero-order chi connectivity index (χ0) is 24.7. The van der Waals surface area contributed by atoms with Crippen LogP contribution < -0.4 is 14.8 Å². The number of hydrogen-bond donors (Lipinski definition) is 1. The number of carbonyl (C=O) groups excluding carboxylic acids is 1. The molecule has 1 aliphatic heterocycles. The number of nitrogens with zero attached hydrogens (tertiary/aromatic N) is 1.